The van der Waals surface area contributed by atoms with E-state index in [0.717, 1.165) is 14.5 Å². The molecular weight excluding hydrogens is 274 g/mol. The van der Waals surface area contributed by atoms with Crippen LogP contribution in [0.5, 0.6) is 0 Å². The van der Waals surface area contributed by atoms with Crippen LogP contribution in [0.4, 0.5) is 0 Å². The van der Waals surface area contributed by atoms with Crippen LogP contribution in [0.1, 0.15) is 5.56 Å². The monoisotopic (exact) mass is 277 g/mol. The van der Waals surface area contributed by atoms with E-state index in [1.165, 1.54) is 6.21 Å². The minimum Gasteiger partial charge on any atom is -0.411 e. The van der Waals surface area contributed by atoms with Crippen molar-refractivity contribution in [3.8, 4) is 0 Å². The fourth-order valence-electron chi connectivity index (χ4n) is 0.676. The van der Waals surface area contributed by atoms with E-state index in [4.69, 9.17) is 5.21 Å². The van der Waals surface area contributed by atoms with E-state index in [0.29, 0.717) is 0 Å². The summed E-state index contributed by atoms with van der Waals surface area (Å²) in [5, 5.41) is 11.2. The van der Waals surface area contributed by atoms with Gasteiger partial charge in [0.15, 0.2) is 0 Å². The molecule has 0 heterocycles. The Kier molecular flexibility index (Phi) is 3.08. The fourth-order valence-corrected chi connectivity index (χ4v) is 1.40. The highest BCUT2D eigenvalue weighted by Gasteiger charge is 1.96. The van der Waals surface area contributed by atoms with Gasteiger partial charge in [-0.3, -0.25) is 0 Å². The molecule has 0 bridgehead atoms. The second-order valence-corrected chi connectivity index (χ2v) is 3.68. The molecule has 0 aromatic heterocycles. The molecule has 0 atom stereocenters. The average molecular weight is 279 g/mol. The van der Waals surface area contributed by atoms with Crippen molar-refractivity contribution in [1.29, 1.82) is 0 Å². The van der Waals surface area contributed by atoms with Crippen LogP contribution in [-0.4, -0.2) is 11.4 Å². The standard InChI is InChI=1S/C7H5Br2NO/c8-6-1-2-7(9)5(3-6)4-10-11/h1-4,11H/b10-4-. The van der Waals surface area contributed by atoms with Crippen molar-refractivity contribution in [2.45, 2.75) is 0 Å². The van der Waals surface area contributed by atoms with Gasteiger partial charge in [-0.15, -0.1) is 0 Å². The van der Waals surface area contributed by atoms with Gasteiger partial charge in [0, 0.05) is 14.5 Å². The Morgan fingerprint density at radius 3 is 2.73 bits per heavy atom. The lowest BCUT2D eigenvalue weighted by Crippen LogP contribution is -1.82. The molecule has 0 radical (unpaired) electrons. The van der Waals surface area contributed by atoms with Gasteiger partial charge in [0.05, 0.1) is 6.21 Å². The second-order valence-electron chi connectivity index (χ2n) is 1.91. The number of rotatable bonds is 1. The third-order valence-electron chi connectivity index (χ3n) is 1.15. The second kappa shape index (κ2) is 3.88. The van der Waals surface area contributed by atoms with Crippen LogP contribution in [0.2, 0.25) is 0 Å². The molecule has 0 aliphatic carbocycles. The molecule has 2 nitrogen and oxygen atoms in total. The van der Waals surface area contributed by atoms with E-state index in [2.05, 4.69) is 37.0 Å². The summed E-state index contributed by atoms with van der Waals surface area (Å²) in [5.74, 6) is 0. The Bertz CT molecular complexity index is 286. The summed E-state index contributed by atoms with van der Waals surface area (Å²) in [7, 11) is 0. The van der Waals surface area contributed by atoms with Gasteiger partial charge in [-0.05, 0) is 18.2 Å². The molecule has 1 aromatic rings. The van der Waals surface area contributed by atoms with E-state index < -0.39 is 0 Å². The molecule has 11 heavy (non-hydrogen) atoms. The molecule has 58 valence electrons. The Morgan fingerprint density at radius 2 is 2.09 bits per heavy atom. The zero-order valence-corrected chi connectivity index (χ0v) is 8.63. The molecule has 1 N–H and O–H groups in total. The largest absolute Gasteiger partial charge is 0.411 e. The van der Waals surface area contributed by atoms with Gasteiger partial charge in [-0.1, -0.05) is 37.0 Å². The first-order chi connectivity index (χ1) is 5.24. The SMILES string of the molecule is O/N=C\c1cc(Br)ccc1Br. The third-order valence-corrected chi connectivity index (χ3v) is 2.37. The lowest BCUT2D eigenvalue weighted by Gasteiger charge is -1.96. The van der Waals surface area contributed by atoms with Crippen LogP contribution in [0, 0.1) is 0 Å². The molecule has 0 saturated heterocycles. The van der Waals surface area contributed by atoms with Gasteiger partial charge in [0.25, 0.3) is 0 Å². The van der Waals surface area contributed by atoms with Gasteiger partial charge in [0.2, 0.25) is 0 Å². The van der Waals surface area contributed by atoms with Crippen molar-refractivity contribution in [2.24, 2.45) is 5.16 Å². The first kappa shape index (κ1) is 8.74. The predicted octanol–water partition coefficient (Wildman–Crippen LogP) is 3.02. The summed E-state index contributed by atoms with van der Waals surface area (Å²) in [5.41, 5.74) is 0.835. The highest BCUT2D eigenvalue weighted by molar-refractivity contribution is 9.11. The molecule has 0 saturated carbocycles. The van der Waals surface area contributed by atoms with Crippen LogP contribution < -0.4 is 0 Å². The molecule has 1 rings (SSSR count). The van der Waals surface area contributed by atoms with Crippen molar-refractivity contribution in [3.05, 3.63) is 32.7 Å². The van der Waals surface area contributed by atoms with E-state index in [-0.39, 0.29) is 0 Å². The minimum absolute atomic E-state index is 0.835. The van der Waals surface area contributed by atoms with E-state index in [1.807, 2.05) is 18.2 Å². The van der Waals surface area contributed by atoms with Gasteiger partial charge < -0.3 is 5.21 Å². The maximum absolute atomic E-state index is 8.27. The molecule has 0 aliphatic heterocycles. The molecule has 0 fully saturated rings. The van der Waals surface area contributed by atoms with Crippen molar-refractivity contribution < 1.29 is 5.21 Å². The maximum Gasteiger partial charge on any atom is 0.0745 e. The summed E-state index contributed by atoms with van der Waals surface area (Å²) in [4.78, 5) is 0. The lowest BCUT2D eigenvalue weighted by atomic mass is 10.2. The topological polar surface area (TPSA) is 32.6 Å². The third kappa shape index (κ3) is 2.31. The summed E-state index contributed by atoms with van der Waals surface area (Å²) >= 11 is 6.61. The quantitative estimate of drug-likeness (QED) is 0.478. The van der Waals surface area contributed by atoms with Crippen molar-refractivity contribution >= 4 is 38.1 Å². The maximum atomic E-state index is 8.27. The zero-order chi connectivity index (χ0) is 8.27. The number of hydrogen-bond donors (Lipinski definition) is 1. The van der Waals surface area contributed by atoms with Gasteiger partial charge in [-0.25, -0.2) is 0 Å². The predicted molar refractivity (Wildman–Crippen MR) is 51.2 cm³/mol. The minimum atomic E-state index is 0.835. The van der Waals surface area contributed by atoms with E-state index in [1.54, 1.807) is 0 Å². The van der Waals surface area contributed by atoms with Crippen LogP contribution in [0.3, 0.4) is 0 Å². The lowest BCUT2D eigenvalue weighted by molar-refractivity contribution is 0.322. The Hall–Kier alpha value is -0.350. The molecule has 0 amide bonds. The first-order valence-corrected chi connectivity index (χ1v) is 4.45. The van der Waals surface area contributed by atoms with E-state index in [9.17, 15) is 0 Å². The van der Waals surface area contributed by atoms with Gasteiger partial charge in [0.1, 0.15) is 0 Å². The van der Waals surface area contributed by atoms with Crippen molar-refractivity contribution in [1.82, 2.24) is 0 Å². The van der Waals surface area contributed by atoms with Crippen LogP contribution >= 0.6 is 31.9 Å². The smallest absolute Gasteiger partial charge is 0.0745 e. The fraction of sp³-hybridized carbons (Fsp3) is 0. The summed E-state index contributed by atoms with van der Waals surface area (Å²) < 4.78 is 1.86. The molecular formula is C7H5Br2NO. The highest BCUT2D eigenvalue weighted by Crippen LogP contribution is 2.19. The van der Waals surface area contributed by atoms with E-state index >= 15 is 0 Å². The van der Waals surface area contributed by atoms with Gasteiger partial charge in [-0.2, -0.15) is 0 Å². The van der Waals surface area contributed by atoms with Crippen LogP contribution in [0.15, 0.2) is 32.3 Å². The van der Waals surface area contributed by atoms with Crippen LogP contribution in [0.25, 0.3) is 0 Å². The number of oxime groups is 1. The Balaban J connectivity index is 3.12. The number of hydrogen-bond acceptors (Lipinski definition) is 2. The first-order valence-electron chi connectivity index (χ1n) is 2.86. The summed E-state index contributed by atoms with van der Waals surface area (Å²) in [6.45, 7) is 0. The Morgan fingerprint density at radius 1 is 1.36 bits per heavy atom. The van der Waals surface area contributed by atoms with Crippen molar-refractivity contribution in [2.75, 3.05) is 0 Å². The summed E-state index contributed by atoms with van der Waals surface area (Å²) in [6, 6.07) is 5.63. The normalized spacial score (nSPS) is 10.7. The number of nitrogens with zero attached hydrogens (tertiary/aromatic N) is 1. The molecule has 0 aliphatic rings. The molecule has 4 heteroatoms. The molecule has 1 aromatic carbocycles. The zero-order valence-electron chi connectivity index (χ0n) is 5.46. The van der Waals surface area contributed by atoms with Crippen LogP contribution in [-0.2, 0) is 0 Å². The van der Waals surface area contributed by atoms with Crippen molar-refractivity contribution in [3.63, 3.8) is 0 Å². The molecule has 0 spiro atoms. The number of benzene rings is 1. The average Bonchev–Trinajstić information content (AvgIpc) is 1.98. The highest BCUT2D eigenvalue weighted by atomic mass is 79.9. The molecule has 0 unspecified atom stereocenters. The van der Waals surface area contributed by atoms with Gasteiger partial charge >= 0.3 is 0 Å². The Labute approximate surface area is 81.2 Å². The summed E-state index contributed by atoms with van der Waals surface area (Å²) in [6.07, 6.45) is 1.37. The number of halogens is 2.